The molecule has 0 unspecified atom stereocenters. The lowest BCUT2D eigenvalue weighted by Crippen LogP contribution is -2.10. The Labute approximate surface area is 327 Å². The Morgan fingerprint density at radius 3 is 1.05 bits per heavy atom. The van der Waals surface area contributed by atoms with Crippen molar-refractivity contribution in [2.24, 2.45) is 0 Å². The summed E-state index contributed by atoms with van der Waals surface area (Å²) in [6.07, 6.45) is 0. The number of hydrogen-bond acceptors (Lipinski definition) is 2. The van der Waals surface area contributed by atoms with Gasteiger partial charge in [0.25, 0.3) is 0 Å². The first-order valence-electron chi connectivity index (χ1n) is 19.2. The molecule has 0 spiro atoms. The van der Waals surface area contributed by atoms with Crippen molar-refractivity contribution in [1.29, 1.82) is 0 Å². The topological polar surface area (TPSA) is 6.48 Å². The zero-order valence-electron chi connectivity index (χ0n) is 30.8. The Morgan fingerprint density at radius 2 is 0.554 bits per heavy atom. The minimum atomic E-state index is 1.10. The van der Waals surface area contributed by atoms with Crippen LogP contribution >= 0.6 is 0 Å². The number of fused-ring (bicyclic) bond motifs is 6. The largest absolute Gasteiger partial charge is 0.311 e. The van der Waals surface area contributed by atoms with E-state index in [4.69, 9.17) is 0 Å². The van der Waals surface area contributed by atoms with Gasteiger partial charge < -0.3 is 9.80 Å². The van der Waals surface area contributed by atoms with Crippen LogP contribution in [0.1, 0.15) is 0 Å². The first kappa shape index (κ1) is 33.2. The van der Waals surface area contributed by atoms with Crippen LogP contribution in [-0.2, 0) is 0 Å². The summed E-state index contributed by atoms with van der Waals surface area (Å²) in [5, 5.41) is 7.50. The van der Waals surface area contributed by atoms with Gasteiger partial charge in [-0.3, -0.25) is 0 Å². The van der Waals surface area contributed by atoms with Crippen LogP contribution in [0, 0.1) is 0 Å². The standard InChI is InChI=1S/C54H38N2/c1-5-17-39(18-6-1)40-29-33-46(34-30-40)56(44-23-11-4-12-24-44)47-37-52(54-51-28-16-15-26-49(51)48-25-13-14-27-50(48)53(54)38-47)41-31-35-45(36-32-41)55(42-19-7-2-8-20-42)43-21-9-3-10-22-43/h1-38H. The predicted molar refractivity (Wildman–Crippen MR) is 239 cm³/mol. The summed E-state index contributed by atoms with van der Waals surface area (Å²) in [4.78, 5) is 4.71. The molecule has 0 bridgehead atoms. The van der Waals surface area contributed by atoms with Crippen molar-refractivity contribution < 1.29 is 0 Å². The Hall–Kier alpha value is -7.42. The Kier molecular flexibility index (Phi) is 8.55. The van der Waals surface area contributed by atoms with Gasteiger partial charge >= 0.3 is 0 Å². The van der Waals surface area contributed by atoms with E-state index in [1.807, 2.05) is 0 Å². The summed E-state index contributed by atoms with van der Waals surface area (Å²) in [6, 6.07) is 83.1. The molecule has 10 aromatic rings. The van der Waals surface area contributed by atoms with E-state index < -0.39 is 0 Å². The molecule has 2 nitrogen and oxygen atoms in total. The average molecular weight is 715 g/mol. The smallest absolute Gasteiger partial charge is 0.0474 e. The Bertz CT molecular complexity index is 2880. The van der Waals surface area contributed by atoms with Crippen LogP contribution < -0.4 is 9.80 Å². The molecule has 0 saturated heterocycles. The molecule has 0 N–H and O–H groups in total. The van der Waals surface area contributed by atoms with Gasteiger partial charge in [0.2, 0.25) is 0 Å². The van der Waals surface area contributed by atoms with Crippen LogP contribution in [0.4, 0.5) is 34.1 Å². The third-order valence-electron chi connectivity index (χ3n) is 10.8. The lowest BCUT2D eigenvalue weighted by atomic mass is 9.88. The first-order valence-corrected chi connectivity index (χ1v) is 19.2. The second-order valence-corrected chi connectivity index (χ2v) is 14.1. The summed E-state index contributed by atoms with van der Waals surface area (Å²) in [5.41, 5.74) is 11.4. The maximum atomic E-state index is 2.40. The van der Waals surface area contributed by atoms with Gasteiger partial charge in [-0.05, 0) is 127 Å². The highest BCUT2D eigenvalue weighted by Gasteiger charge is 2.20. The van der Waals surface area contributed by atoms with Gasteiger partial charge in [0.1, 0.15) is 0 Å². The van der Waals surface area contributed by atoms with Crippen LogP contribution in [-0.4, -0.2) is 0 Å². The summed E-state index contributed by atoms with van der Waals surface area (Å²) in [7, 11) is 0. The molecule has 0 aliphatic rings. The van der Waals surface area contributed by atoms with Crippen molar-refractivity contribution in [3.05, 3.63) is 231 Å². The summed E-state index contributed by atoms with van der Waals surface area (Å²) >= 11 is 0. The van der Waals surface area contributed by atoms with E-state index in [-0.39, 0.29) is 0 Å². The molecule has 0 aliphatic heterocycles. The highest BCUT2D eigenvalue weighted by molar-refractivity contribution is 6.29. The summed E-state index contributed by atoms with van der Waals surface area (Å²) < 4.78 is 0. The second-order valence-electron chi connectivity index (χ2n) is 14.1. The van der Waals surface area contributed by atoms with Crippen molar-refractivity contribution in [3.8, 4) is 22.3 Å². The molecular weight excluding hydrogens is 677 g/mol. The van der Waals surface area contributed by atoms with Crippen LogP contribution in [0.5, 0.6) is 0 Å². The van der Waals surface area contributed by atoms with Gasteiger partial charge in [-0.25, -0.2) is 0 Å². The molecule has 0 amide bonds. The number of anilines is 6. The highest BCUT2D eigenvalue weighted by Crippen LogP contribution is 2.46. The van der Waals surface area contributed by atoms with E-state index in [9.17, 15) is 0 Å². The quantitative estimate of drug-likeness (QED) is 0.145. The number of para-hydroxylation sites is 3. The third kappa shape index (κ3) is 6.04. The van der Waals surface area contributed by atoms with Gasteiger partial charge in [0, 0.05) is 34.1 Å². The molecule has 0 atom stereocenters. The molecule has 0 radical (unpaired) electrons. The third-order valence-corrected chi connectivity index (χ3v) is 10.8. The lowest BCUT2D eigenvalue weighted by Gasteiger charge is -2.28. The molecule has 0 fully saturated rings. The molecule has 10 rings (SSSR count). The van der Waals surface area contributed by atoms with Crippen LogP contribution in [0.15, 0.2) is 231 Å². The van der Waals surface area contributed by atoms with E-state index >= 15 is 0 Å². The zero-order valence-corrected chi connectivity index (χ0v) is 30.8. The number of benzene rings is 10. The fourth-order valence-electron chi connectivity index (χ4n) is 8.22. The maximum Gasteiger partial charge on any atom is 0.0474 e. The minimum Gasteiger partial charge on any atom is -0.311 e. The molecular formula is C54H38N2. The van der Waals surface area contributed by atoms with Gasteiger partial charge in [-0.2, -0.15) is 0 Å². The number of hydrogen-bond donors (Lipinski definition) is 0. The van der Waals surface area contributed by atoms with Crippen molar-refractivity contribution in [2.75, 3.05) is 9.80 Å². The van der Waals surface area contributed by atoms with Crippen LogP contribution in [0.25, 0.3) is 54.6 Å². The lowest BCUT2D eigenvalue weighted by molar-refractivity contribution is 1.28. The molecule has 0 heterocycles. The van der Waals surface area contributed by atoms with Gasteiger partial charge in [-0.1, -0.05) is 158 Å². The monoisotopic (exact) mass is 714 g/mol. The van der Waals surface area contributed by atoms with Crippen molar-refractivity contribution in [1.82, 2.24) is 0 Å². The average Bonchev–Trinajstić information content (AvgIpc) is 3.28. The minimum absolute atomic E-state index is 1.10. The predicted octanol–water partition coefficient (Wildman–Crippen LogP) is 15.4. The van der Waals surface area contributed by atoms with Crippen molar-refractivity contribution in [2.45, 2.75) is 0 Å². The molecule has 10 aromatic carbocycles. The van der Waals surface area contributed by atoms with Gasteiger partial charge in [0.15, 0.2) is 0 Å². The zero-order chi connectivity index (χ0) is 37.3. The fourth-order valence-corrected chi connectivity index (χ4v) is 8.22. The van der Waals surface area contributed by atoms with Crippen molar-refractivity contribution in [3.63, 3.8) is 0 Å². The highest BCUT2D eigenvalue weighted by atomic mass is 15.1. The van der Waals surface area contributed by atoms with E-state index in [0.717, 1.165) is 39.7 Å². The van der Waals surface area contributed by atoms with Gasteiger partial charge in [0.05, 0.1) is 0 Å². The Morgan fingerprint density at radius 1 is 0.214 bits per heavy atom. The fraction of sp³-hybridized carbons (Fsp3) is 0. The maximum absolute atomic E-state index is 2.40. The van der Waals surface area contributed by atoms with E-state index in [2.05, 4.69) is 240 Å². The molecule has 0 saturated carbocycles. The van der Waals surface area contributed by atoms with Crippen molar-refractivity contribution >= 4 is 66.4 Å². The molecule has 264 valence electrons. The number of rotatable bonds is 8. The molecule has 0 aromatic heterocycles. The molecule has 56 heavy (non-hydrogen) atoms. The van der Waals surface area contributed by atoms with Crippen LogP contribution in [0.3, 0.4) is 0 Å². The summed E-state index contributed by atoms with van der Waals surface area (Å²) in [5.74, 6) is 0. The molecule has 2 heteroatoms. The molecule has 0 aliphatic carbocycles. The first-order chi connectivity index (χ1) is 27.8. The summed E-state index contributed by atoms with van der Waals surface area (Å²) in [6.45, 7) is 0. The SMILES string of the molecule is c1ccc(-c2ccc(N(c3ccccc3)c3cc(-c4ccc(N(c5ccccc5)c5ccccc5)cc4)c4c5ccccc5c5ccccc5c4c3)cc2)cc1. The van der Waals surface area contributed by atoms with E-state index in [1.54, 1.807) is 0 Å². The normalized spacial score (nSPS) is 11.2. The van der Waals surface area contributed by atoms with E-state index in [1.165, 1.54) is 49.0 Å². The van der Waals surface area contributed by atoms with Crippen LogP contribution in [0.2, 0.25) is 0 Å². The van der Waals surface area contributed by atoms with E-state index in [0.29, 0.717) is 0 Å². The van der Waals surface area contributed by atoms with Gasteiger partial charge in [-0.15, -0.1) is 0 Å². The number of nitrogens with zero attached hydrogens (tertiary/aromatic N) is 2. The Balaban J connectivity index is 1.21. The second kappa shape index (κ2) is 14.4.